The van der Waals surface area contributed by atoms with Crippen LogP contribution in [-0.4, -0.2) is 45.7 Å². The summed E-state index contributed by atoms with van der Waals surface area (Å²) in [4.78, 5) is 28.0. The topological polar surface area (TPSA) is 70.1 Å². The van der Waals surface area contributed by atoms with Crippen molar-refractivity contribution in [1.29, 1.82) is 0 Å². The quantitative estimate of drug-likeness (QED) is 0.475. The Balaban J connectivity index is 1.84. The Hall–Kier alpha value is -1.99. The molecular weight excluding hydrogens is 340 g/mol. The number of hydrogen-bond acceptors (Lipinski definition) is 5. The highest BCUT2D eigenvalue weighted by atomic mass is 32.1. The Bertz CT molecular complexity index is 732. The fourth-order valence-electron chi connectivity index (χ4n) is 3.26. The molecule has 6 nitrogen and oxygen atoms in total. The van der Waals surface area contributed by atoms with Crippen molar-refractivity contribution in [2.24, 2.45) is 0 Å². The summed E-state index contributed by atoms with van der Waals surface area (Å²) >= 11 is 5.58. The summed E-state index contributed by atoms with van der Waals surface area (Å²) in [5.41, 5.74) is 1.26. The lowest BCUT2D eigenvalue weighted by atomic mass is 10.0. The number of nitrogens with zero attached hydrogens (tertiary/aromatic N) is 2. The smallest absolute Gasteiger partial charge is 0.338 e. The van der Waals surface area contributed by atoms with Crippen LogP contribution in [0.1, 0.15) is 49.0 Å². The third kappa shape index (κ3) is 3.02. The van der Waals surface area contributed by atoms with Gasteiger partial charge >= 0.3 is 5.97 Å². The monoisotopic (exact) mass is 362 g/mol. The van der Waals surface area contributed by atoms with Crippen LogP contribution in [0.25, 0.3) is 0 Å². The molecule has 0 atom stereocenters. The van der Waals surface area contributed by atoms with Gasteiger partial charge in [-0.2, -0.15) is 0 Å². The first-order valence-corrected chi connectivity index (χ1v) is 8.86. The first-order chi connectivity index (χ1) is 11.9. The van der Waals surface area contributed by atoms with Crippen LogP contribution < -0.4 is 4.90 Å². The number of anilines is 1. The number of fused-ring (bicyclic) bond motifs is 1. The van der Waals surface area contributed by atoms with Gasteiger partial charge in [-0.05, 0) is 63.5 Å². The van der Waals surface area contributed by atoms with Gasteiger partial charge in [0.25, 0.3) is 5.91 Å². The molecule has 1 N–H and O–H groups in total. The average molecular weight is 362 g/mol. The van der Waals surface area contributed by atoms with Gasteiger partial charge in [-0.1, -0.05) is 0 Å². The van der Waals surface area contributed by atoms with Gasteiger partial charge in [-0.25, -0.2) is 4.79 Å². The van der Waals surface area contributed by atoms with Crippen LogP contribution >= 0.6 is 12.2 Å². The number of cyclic esters (lactones) is 1. The van der Waals surface area contributed by atoms with Crippen molar-refractivity contribution < 1.29 is 19.4 Å². The zero-order chi connectivity index (χ0) is 18.2. The molecule has 25 heavy (non-hydrogen) atoms. The van der Waals surface area contributed by atoms with E-state index in [1.165, 1.54) is 0 Å². The first kappa shape index (κ1) is 17.8. The zero-order valence-corrected chi connectivity index (χ0v) is 15.3. The van der Waals surface area contributed by atoms with Crippen molar-refractivity contribution in [3.8, 4) is 0 Å². The van der Waals surface area contributed by atoms with Crippen LogP contribution in [0.5, 0.6) is 0 Å². The van der Waals surface area contributed by atoms with Crippen LogP contribution in [0, 0.1) is 0 Å². The summed E-state index contributed by atoms with van der Waals surface area (Å²) < 4.78 is 5.03. The van der Waals surface area contributed by atoms with Crippen LogP contribution in [0.4, 0.5) is 5.69 Å². The molecule has 0 aliphatic carbocycles. The van der Waals surface area contributed by atoms with E-state index in [0.29, 0.717) is 22.9 Å². The average Bonchev–Trinajstić information content (AvgIpc) is 3.02. The van der Waals surface area contributed by atoms with Crippen molar-refractivity contribution in [2.45, 2.75) is 45.3 Å². The van der Waals surface area contributed by atoms with E-state index in [0.717, 1.165) is 24.8 Å². The van der Waals surface area contributed by atoms with Gasteiger partial charge in [0.05, 0.1) is 11.3 Å². The predicted octanol–water partition coefficient (Wildman–Crippen LogP) is 2.23. The maximum absolute atomic E-state index is 13.0. The summed E-state index contributed by atoms with van der Waals surface area (Å²) in [7, 11) is 0. The number of aliphatic hydroxyl groups is 1. The van der Waals surface area contributed by atoms with Crippen molar-refractivity contribution in [1.82, 2.24) is 4.90 Å². The summed E-state index contributed by atoms with van der Waals surface area (Å²) in [6.07, 6.45) is 2.49. The van der Waals surface area contributed by atoms with E-state index in [2.05, 4.69) is 0 Å². The molecule has 0 aromatic heterocycles. The largest absolute Gasteiger partial charge is 0.457 e. The second kappa shape index (κ2) is 6.72. The van der Waals surface area contributed by atoms with E-state index in [4.69, 9.17) is 22.1 Å². The molecule has 0 spiro atoms. The van der Waals surface area contributed by atoms with E-state index in [1.807, 2.05) is 18.7 Å². The molecule has 0 saturated carbocycles. The van der Waals surface area contributed by atoms with E-state index < -0.39 is 5.54 Å². The Kier molecular flexibility index (Phi) is 4.79. The van der Waals surface area contributed by atoms with E-state index >= 15 is 0 Å². The number of unbranched alkanes of at least 4 members (excludes halogenated alkanes) is 2. The lowest BCUT2D eigenvalue weighted by Crippen LogP contribution is -2.44. The fraction of sp³-hybridized carbons (Fsp3) is 0.500. The molecule has 134 valence electrons. The number of hydrogen-bond donors (Lipinski definition) is 1. The number of rotatable bonds is 6. The SMILES string of the molecule is CC1(C)C(=O)N(c2ccc3c(c2)COC3=O)C(=S)N1CCCCCO. The van der Waals surface area contributed by atoms with Gasteiger partial charge in [0, 0.05) is 18.7 Å². The fourth-order valence-corrected chi connectivity index (χ4v) is 3.76. The molecule has 1 aromatic carbocycles. The Labute approximate surface area is 152 Å². The Morgan fingerprint density at radius 1 is 1.24 bits per heavy atom. The van der Waals surface area contributed by atoms with Gasteiger partial charge in [0.2, 0.25) is 0 Å². The van der Waals surface area contributed by atoms with Crippen LogP contribution in [0.15, 0.2) is 18.2 Å². The molecule has 2 heterocycles. The number of aliphatic hydroxyl groups excluding tert-OH is 1. The molecule has 2 aliphatic heterocycles. The molecule has 7 heteroatoms. The molecule has 2 aliphatic rings. The van der Waals surface area contributed by atoms with Crippen LogP contribution in [0.2, 0.25) is 0 Å². The van der Waals surface area contributed by atoms with Crippen molar-refractivity contribution in [2.75, 3.05) is 18.1 Å². The molecule has 1 fully saturated rings. The molecule has 1 amide bonds. The molecule has 3 rings (SSSR count). The molecule has 0 radical (unpaired) electrons. The number of carbonyl (C=O) groups excluding carboxylic acids is 2. The van der Waals surface area contributed by atoms with Crippen molar-refractivity contribution in [3.05, 3.63) is 29.3 Å². The number of esters is 1. The second-order valence-corrected chi connectivity index (χ2v) is 7.20. The highest BCUT2D eigenvalue weighted by molar-refractivity contribution is 7.80. The van der Waals surface area contributed by atoms with Crippen molar-refractivity contribution in [3.63, 3.8) is 0 Å². The Morgan fingerprint density at radius 3 is 2.72 bits per heavy atom. The maximum Gasteiger partial charge on any atom is 0.338 e. The van der Waals surface area contributed by atoms with E-state index in [-0.39, 0.29) is 25.1 Å². The highest BCUT2D eigenvalue weighted by Crippen LogP contribution is 2.34. The van der Waals surface area contributed by atoms with Crippen LogP contribution in [0.3, 0.4) is 0 Å². The minimum atomic E-state index is -0.721. The molecule has 1 aromatic rings. The first-order valence-electron chi connectivity index (χ1n) is 8.45. The van der Waals surface area contributed by atoms with Gasteiger partial charge in [-0.15, -0.1) is 0 Å². The standard InChI is InChI=1S/C18H22N2O4S/c1-18(2)16(23)20(17(25)19(18)8-4-3-5-9-21)13-6-7-14-12(10-13)11-24-15(14)22/h6-7,10,21H,3-5,8-9,11H2,1-2H3. The number of ether oxygens (including phenoxy) is 1. The minimum Gasteiger partial charge on any atom is -0.457 e. The second-order valence-electron chi connectivity index (χ2n) is 6.84. The third-order valence-corrected chi connectivity index (χ3v) is 5.19. The summed E-state index contributed by atoms with van der Waals surface area (Å²) in [6.45, 7) is 4.81. The van der Waals surface area contributed by atoms with Gasteiger partial charge < -0.3 is 14.7 Å². The number of carbonyl (C=O) groups is 2. The number of benzene rings is 1. The van der Waals surface area contributed by atoms with Gasteiger partial charge in [0.15, 0.2) is 5.11 Å². The minimum absolute atomic E-state index is 0.0788. The lowest BCUT2D eigenvalue weighted by molar-refractivity contribution is -0.123. The molecule has 0 unspecified atom stereocenters. The molecule has 0 bridgehead atoms. The molecular formula is C18H22N2O4S. The summed E-state index contributed by atoms with van der Waals surface area (Å²) in [5, 5.41) is 9.38. The summed E-state index contributed by atoms with van der Waals surface area (Å²) in [5.74, 6) is -0.410. The maximum atomic E-state index is 13.0. The van der Waals surface area contributed by atoms with E-state index in [9.17, 15) is 9.59 Å². The van der Waals surface area contributed by atoms with Gasteiger partial charge in [0.1, 0.15) is 12.1 Å². The normalized spacial score (nSPS) is 18.8. The highest BCUT2D eigenvalue weighted by Gasteiger charge is 2.49. The zero-order valence-electron chi connectivity index (χ0n) is 14.4. The summed E-state index contributed by atoms with van der Waals surface area (Å²) in [6, 6.07) is 5.23. The predicted molar refractivity (Wildman–Crippen MR) is 97.4 cm³/mol. The third-order valence-electron chi connectivity index (χ3n) is 4.79. The number of thiocarbonyl (C=S) groups is 1. The van der Waals surface area contributed by atoms with E-state index in [1.54, 1.807) is 23.1 Å². The molecule has 1 saturated heterocycles. The number of amides is 1. The van der Waals surface area contributed by atoms with Crippen molar-refractivity contribution >= 4 is 34.9 Å². The van der Waals surface area contributed by atoms with Gasteiger partial charge in [-0.3, -0.25) is 9.69 Å². The van der Waals surface area contributed by atoms with Crippen LogP contribution in [-0.2, 0) is 16.1 Å². The Morgan fingerprint density at radius 2 is 2.00 bits per heavy atom. The lowest BCUT2D eigenvalue weighted by Gasteiger charge is -2.29.